The molecule has 0 aliphatic carbocycles. The summed E-state index contributed by atoms with van der Waals surface area (Å²) in [6, 6.07) is 15.2. The number of hydrogen-bond acceptors (Lipinski definition) is 3. The Balaban J connectivity index is 2.10. The molecule has 0 saturated heterocycles. The van der Waals surface area contributed by atoms with Gasteiger partial charge in [0, 0.05) is 5.56 Å². The van der Waals surface area contributed by atoms with Crippen LogP contribution in [0.3, 0.4) is 0 Å². The molecule has 0 aliphatic heterocycles. The van der Waals surface area contributed by atoms with Crippen LogP contribution in [0.1, 0.15) is 42.3 Å². The van der Waals surface area contributed by atoms with E-state index in [4.69, 9.17) is 0 Å². The third-order valence-electron chi connectivity index (χ3n) is 3.90. The quantitative estimate of drug-likeness (QED) is 0.736. The van der Waals surface area contributed by atoms with E-state index in [0.29, 0.717) is 16.8 Å². The molecule has 0 atom stereocenters. The molecule has 0 unspecified atom stereocenters. The molecule has 0 saturated carbocycles. The number of nitrogens with zero attached hydrogens (tertiary/aromatic N) is 1. The Kier molecular flexibility index (Phi) is 6.12. The van der Waals surface area contributed by atoms with Crippen LogP contribution in [-0.4, -0.2) is 11.9 Å². The summed E-state index contributed by atoms with van der Waals surface area (Å²) in [5, 5.41) is 12.1. The molecule has 0 radical (unpaired) electrons. The summed E-state index contributed by atoms with van der Waals surface area (Å²) < 4.78 is 0. The maximum Gasteiger partial charge on any atom is 0.337 e. The van der Waals surface area contributed by atoms with Gasteiger partial charge in [-0.2, -0.15) is 5.26 Å². The fourth-order valence-corrected chi connectivity index (χ4v) is 2.29. The smallest absolute Gasteiger partial charge is 0.305 e. The van der Waals surface area contributed by atoms with Gasteiger partial charge in [0.2, 0.25) is 0 Å². The highest BCUT2D eigenvalue weighted by molar-refractivity contribution is 5.97. The van der Waals surface area contributed by atoms with Crippen LogP contribution < -0.4 is 16.2 Å². The van der Waals surface area contributed by atoms with E-state index in [2.05, 4.69) is 22.2 Å². The summed E-state index contributed by atoms with van der Waals surface area (Å²) in [6.45, 7) is 5.85. The average molecular weight is 348 g/mol. The topological polar surface area (TPSA) is 94.0 Å². The molecule has 2 aromatic rings. The molecular weight excluding hydrogens is 328 g/mol. The van der Waals surface area contributed by atoms with Gasteiger partial charge in [-0.3, -0.25) is 10.2 Å². The van der Waals surface area contributed by atoms with Crippen LogP contribution in [0.4, 0.5) is 10.5 Å². The fraction of sp³-hybridized carbons (Fsp3) is 0.150. The highest BCUT2D eigenvalue weighted by atomic mass is 16.2. The Morgan fingerprint density at radius 2 is 1.62 bits per heavy atom. The summed E-state index contributed by atoms with van der Waals surface area (Å²) in [4.78, 5) is 24.0. The Labute approximate surface area is 152 Å². The van der Waals surface area contributed by atoms with Gasteiger partial charge in [0.15, 0.2) is 0 Å². The number of amides is 3. The van der Waals surface area contributed by atoms with Crippen molar-refractivity contribution in [2.45, 2.75) is 20.8 Å². The van der Waals surface area contributed by atoms with Gasteiger partial charge in [-0.05, 0) is 50.1 Å². The van der Waals surface area contributed by atoms with Crippen LogP contribution in [0.25, 0.3) is 5.57 Å². The van der Waals surface area contributed by atoms with Gasteiger partial charge in [-0.25, -0.2) is 10.2 Å². The molecule has 3 amide bonds. The lowest BCUT2D eigenvalue weighted by atomic mass is 9.97. The molecule has 0 aromatic heterocycles. The van der Waals surface area contributed by atoms with Crippen molar-refractivity contribution >= 4 is 23.2 Å². The zero-order valence-electron chi connectivity index (χ0n) is 14.9. The first-order chi connectivity index (χ1) is 12.4. The predicted molar refractivity (Wildman–Crippen MR) is 101 cm³/mol. The number of rotatable bonds is 3. The highest BCUT2D eigenvalue weighted by Crippen LogP contribution is 2.27. The van der Waals surface area contributed by atoms with Crippen LogP contribution in [0.15, 0.2) is 54.1 Å². The van der Waals surface area contributed by atoms with E-state index in [1.807, 2.05) is 26.8 Å². The van der Waals surface area contributed by atoms with E-state index in [-0.39, 0.29) is 0 Å². The van der Waals surface area contributed by atoms with Gasteiger partial charge in [-0.1, -0.05) is 35.9 Å². The monoisotopic (exact) mass is 348 g/mol. The first-order valence-electron chi connectivity index (χ1n) is 8.04. The molecule has 0 bridgehead atoms. The van der Waals surface area contributed by atoms with Gasteiger partial charge in [0.05, 0.1) is 11.3 Å². The van der Waals surface area contributed by atoms with Crippen LogP contribution in [-0.2, 0) is 0 Å². The lowest BCUT2D eigenvalue weighted by molar-refractivity contribution is 0.0938. The molecule has 2 rings (SSSR count). The number of hydrazine groups is 1. The van der Waals surface area contributed by atoms with Crippen LogP contribution in [0, 0.1) is 11.3 Å². The number of allylic oxidation sites excluding steroid dienone is 2. The van der Waals surface area contributed by atoms with Crippen LogP contribution in [0.2, 0.25) is 0 Å². The number of carbonyl (C=O) groups is 2. The predicted octanol–water partition coefficient (Wildman–Crippen LogP) is 3.84. The summed E-state index contributed by atoms with van der Waals surface area (Å²) in [5.41, 5.74) is 8.59. The van der Waals surface area contributed by atoms with E-state index in [1.54, 1.807) is 42.5 Å². The van der Waals surface area contributed by atoms with Crippen molar-refractivity contribution in [3.8, 4) is 6.07 Å². The van der Waals surface area contributed by atoms with Crippen LogP contribution in [0.5, 0.6) is 0 Å². The molecule has 0 fully saturated rings. The van der Waals surface area contributed by atoms with Crippen molar-refractivity contribution in [3.63, 3.8) is 0 Å². The first-order valence-corrected chi connectivity index (χ1v) is 8.04. The third-order valence-corrected chi connectivity index (χ3v) is 3.90. The Morgan fingerprint density at radius 1 is 0.923 bits per heavy atom. The second-order valence-corrected chi connectivity index (χ2v) is 5.86. The first kappa shape index (κ1) is 18.7. The molecule has 3 N–H and O–H groups in total. The normalized spacial score (nSPS) is 9.62. The van der Waals surface area contributed by atoms with Gasteiger partial charge in [-0.15, -0.1) is 0 Å². The minimum atomic E-state index is -0.641. The van der Waals surface area contributed by atoms with E-state index in [9.17, 15) is 14.9 Å². The standard InChI is InChI=1S/C20H20N4O2/c1-13(2)14(3)16-10-7-11-18(17(16)12-21)22-20(26)24-23-19(25)15-8-5-4-6-9-15/h4-11H,1-3H3,(H,23,25)(H2,22,24,26). The average Bonchev–Trinajstić information content (AvgIpc) is 2.65. The number of urea groups is 1. The molecule has 132 valence electrons. The van der Waals surface area contributed by atoms with Crippen molar-refractivity contribution in [2.75, 3.05) is 5.32 Å². The van der Waals surface area contributed by atoms with E-state index in [0.717, 1.165) is 16.7 Å². The summed E-state index contributed by atoms with van der Waals surface area (Å²) in [6.07, 6.45) is 0. The summed E-state index contributed by atoms with van der Waals surface area (Å²) in [5.74, 6) is -0.435. The molecular formula is C20H20N4O2. The van der Waals surface area contributed by atoms with Crippen molar-refractivity contribution in [1.29, 1.82) is 5.26 Å². The minimum absolute atomic E-state index is 0.371. The molecule has 0 aliphatic rings. The van der Waals surface area contributed by atoms with Gasteiger partial charge >= 0.3 is 6.03 Å². The number of carbonyl (C=O) groups excluding carboxylic acids is 2. The summed E-state index contributed by atoms with van der Waals surface area (Å²) >= 11 is 0. The van der Waals surface area contributed by atoms with Crippen molar-refractivity contribution in [3.05, 3.63) is 70.8 Å². The van der Waals surface area contributed by atoms with Gasteiger partial charge in [0.1, 0.15) is 6.07 Å². The lowest BCUT2D eigenvalue weighted by Crippen LogP contribution is -2.44. The van der Waals surface area contributed by atoms with E-state index in [1.165, 1.54) is 0 Å². The third kappa shape index (κ3) is 4.48. The van der Waals surface area contributed by atoms with Crippen molar-refractivity contribution < 1.29 is 9.59 Å². The number of nitriles is 1. The Hall–Kier alpha value is -3.59. The molecule has 0 spiro atoms. The second kappa shape index (κ2) is 8.49. The molecule has 6 nitrogen and oxygen atoms in total. The SMILES string of the molecule is CC(C)=C(C)c1cccc(NC(=O)NNC(=O)c2ccccc2)c1C#N. The van der Waals surface area contributed by atoms with Gasteiger partial charge < -0.3 is 5.32 Å². The zero-order chi connectivity index (χ0) is 19.1. The number of benzene rings is 2. The van der Waals surface area contributed by atoms with Crippen molar-refractivity contribution in [1.82, 2.24) is 10.9 Å². The summed E-state index contributed by atoms with van der Waals surface area (Å²) in [7, 11) is 0. The van der Waals surface area contributed by atoms with Gasteiger partial charge in [0.25, 0.3) is 5.91 Å². The Morgan fingerprint density at radius 3 is 2.23 bits per heavy atom. The van der Waals surface area contributed by atoms with E-state index < -0.39 is 11.9 Å². The maximum atomic E-state index is 12.1. The second-order valence-electron chi connectivity index (χ2n) is 5.86. The molecule has 26 heavy (non-hydrogen) atoms. The molecule has 0 heterocycles. The Bertz CT molecular complexity index is 892. The number of nitrogens with one attached hydrogen (secondary N) is 3. The number of anilines is 1. The molecule has 2 aromatic carbocycles. The fourth-order valence-electron chi connectivity index (χ4n) is 2.29. The zero-order valence-corrected chi connectivity index (χ0v) is 14.9. The maximum absolute atomic E-state index is 12.1. The number of hydrogen-bond donors (Lipinski definition) is 3. The largest absolute Gasteiger partial charge is 0.337 e. The highest BCUT2D eigenvalue weighted by Gasteiger charge is 2.13. The lowest BCUT2D eigenvalue weighted by Gasteiger charge is -2.13. The van der Waals surface area contributed by atoms with E-state index >= 15 is 0 Å². The van der Waals surface area contributed by atoms with Crippen LogP contribution >= 0.6 is 0 Å². The molecule has 6 heteroatoms. The van der Waals surface area contributed by atoms with Crippen molar-refractivity contribution in [2.24, 2.45) is 0 Å². The minimum Gasteiger partial charge on any atom is -0.305 e.